The van der Waals surface area contributed by atoms with Crippen molar-refractivity contribution in [2.75, 3.05) is 31.6 Å². The Labute approximate surface area is 216 Å². The summed E-state index contributed by atoms with van der Waals surface area (Å²) in [5.41, 5.74) is 8.36. The first-order valence-corrected chi connectivity index (χ1v) is 12.9. The zero-order valence-electron chi connectivity index (χ0n) is 20.4. The summed E-state index contributed by atoms with van der Waals surface area (Å²) in [5.74, 6) is 0.535. The second-order valence-corrected chi connectivity index (χ2v) is 10.3. The number of piperidine rings is 1. The molecule has 4 heterocycles. The van der Waals surface area contributed by atoms with Gasteiger partial charge in [-0.05, 0) is 85.8 Å². The fourth-order valence-corrected chi connectivity index (χ4v) is 5.96. The van der Waals surface area contributed by atoms with Gasteiger partial charge in [-0.25, -0.2) is 4.98 Å². The zero-order valence-corrected chi connectivity index (χ0v) is 21.2. The minimum atomic E-state index is -0.0748. The molecule has 36 heavy (non-hydrogen) atoms. The first kappa shape index (κ1) is 23.0. The van der Waals surface area contributed by atoms with E-state index in [9.17, 15) is 4.79 Å². The van der Waals surface area contributed by atoms with Crippen LogP contribution >= 0.6 is 11.6 Å². The number of rotatable bonds is 4. The molecule has 1 fully saturated rings. The molecular formula is C30H29ClN4O. The van der Waals surface area contributed by atoms with Gasteiger partial charge in [0, 0.05) is 29.4 Å². The summed E-state index contributed by atoms with van der Waals surface area (Å²) in [7, 11) is 2.20. The molecule has 1 N–H and O–H groups in total. The van der Waals surface area contributed by atoms with Gasteiger partial charge in [0.2, 0.25) is 5.91 Å². The van der Waals surface area contributed by atoms with E-state index in [1.54, 1.807) is 11.1 Å². The quantitative estimate of drug-likeness (QED) is 0.331. The standard InChI is InChI=1S/C30H29ClN4O/c1-3-26(36)35-17-13-21-6-9-23(18-25(21)35)27-28-24(31)10-14-32-30(28)33-29(27)22-7-4-19(5-8-22)20-11-15-34(2)16-12-20/h3-10,14,18,20H,1,11-13,15-17H2,2H3,(H,32,33). The van der Waals surface area contributed by atoms with Crippen molar-refractivity contribution in [1.82, 2.24) is 14.9 Å². The average Bonchev–Trinajstić information content (AvgIpc) is 3.51. The Morgan fingerprint density at radius 3 is 2.58 bits per heavy atom. The molecule has 1 saturated heterocycles. The first-order chi connectivity index (χ1) is 17.5. The molecule has 2 aromatic carbocycles. The lowest BCUT2D eigenvalue weighted by atomic mass is 9.88. The van der Waals surface area contributed by atoms with Crippen molar-refractivity contribution in [2.45, 2.75) is 25.2 Å². The van der Waals surface area contributed by atoms with E-state index in [0.29, 0.717) is 17.5 Å². The number of hydrogen-bond acceptors (Lipinski definition) is 3. The number of benzene rings is 2. The van der Waals surface area contributed by atoms with E-state index >= 15 is 0 Å². The zero-order chi connectivity index (χ0) is 24.8. The second-order valence-electron chi connectivity index (χ2n) is 9.88. The van der Waals surface area contributed by atoms with Crippen LogP contribution < -0.4 is 4.90 Å². The van der Waals surface area contributed by atoms with Crippen LogP contribution in [0.5, 0.6) is 0 Å². The number of amides is 1. The van der Waals surface area contributed by atoms with Crippen LogP contribution in [0, 0.1) is 0 Å². The highest BCUT2D eigenvalue weighted by Crippen LogP contribution is 2.43. The highest BCUT2D eigenvalue weighted by atomic mass is 35.5. The van der Waals surface area contributed by atoms with Gasteiger partial charge in [-0.2, -0.15) is 0 Å². The van der Waals surface area contributed by atoms with Gasteiger partial charge in [-0.1, -0.05) is 54.6 Å². The van der Waals surface area contributed by atoms with Gasteiger partial charge < -0.3 is 14.8 Å². The molecule has 2 aromatic heterocycles. The van der Waals surface area contributed by atoms with Crippen LogP contribution in [0.3, 0.4) is 0 Å². The lowest BCUT2D eigenvalue weighted by molar-refractivity contribution is -0.114. The molecule has 182 valence electrons. The van der Waals surface area contributed by atoms with Crippen LogP contribution in [-0.2, 0) is 11.2 Å². The number of nitrogens with zero attached hydrogens (tertiary/aromatic N) is 3. The number of aromatic amines is 1. The fourth-order valence-electron chi connectivity index (χ4n) is 5.72. The van der Waals surface area contributed by atoms with Crippen molar-refractivity contribution in [3.63, 3.8) is 0 Å². The normalized spacial score (nSPS) is 16.4. The molecule has 6 rings (SSSR count). The number of anilines is 1. The molecule has 1 amide bonds. The number of likely N-dealkylation sites (tertiary alicyclic amines) is 1. The van der Waals surface area contributed by atoms with E-state index in [2.05, 4.69) is 71.0 Å². The van der Waals surface area contributed by atoms with E-state index in [0.717, 1.165) is 58.6 Å². The molecule has 5 nitrogen and oxygen atoms in total. The smallest absolute Gasteiger partial charge is 0.250 e. The molecule has 6 heteroatoms. The molecule has 0 saturated carbocycles. The van der Waals surface area contributed by atoms with Crippen molar-refractivity contribution >= 4 is 34.2 Å². The number of hydrogen-bond donors (Lipinski definition) is 1. The van der Waals surface area contributed by atoms with Crippen molar-refractivity contribution < 1.29 is 4.79 Å². The Morgan fingerprint density at radius 2 is 1.83 bits per heavy atom. The SMILES string of the molecule is C=CC(=O)N1CCc2ccc(-c3c(-c4ccc(C5CCN(C)CC5)cc4)[nH]c4nccc(Cl)c34)cc21. The maximum atomic E-state index is 12.5. The van der Waals surface area contributed by atoms with Crippen molar-refractivity contribution in [3.05, 3.63) is 83.5 Å². The van der Waals surface area contributed by atoms with Crippen molar-refractivity contribution in [2.24, 2.45) is 0 Å². The number of carbonyl (C=O) groups excluding carboxylic acids is 1. The van der Waals surface area contributed by atoms with Crippen LogP contribution in [0.4, 0.5) is 5.69 Å². The number of aromatic nitrogens is 2. The molecule has 0 aliphatic carbocycles. The van der Waals surface area contributed by atoms with Crippen LogP contribution in [0.1, 0.15) is 29.9 Å². The van der Waals surface area contributed by atoms with Gasteiger partial charge >= 0.3 is 0 Å². The molecule has 4 aromatic rings. The minimum absolute atomic E-state index is 0.0748. The van der Waals surface area contributed by atoms with E-state index in [4.69, 9.17) is 11.6 Å². The van der Waals surface area contributed by atoms with E-state index < -0.39 is 0 Å². The molecule has 0 spiro atoms. The predicted molar refractivity (Wildman–Crippen MR) is 148 cm³/mol. The lowest BCUT2D eigenvalue weighted by Crippen LogP contribution is -2.29. The van der Waals surface area contributed by atoms with E-state index in [1.807, 2.05) is 6.07 Å². The number of halogens is 1. The van der Waals surface area contributed by atoms with Gasteiger partial charge in [0.1, 0.15) is 5.65 Å². The molecule has 0 atom stereocenters. The summed E-state index contributed by atoms with van der Waals surface area (Å²) in [4.78, 5) is 24.8. The van der Waals surface area contributed by atoms with E-state index in [-0.39, 0.29) is 5.91 Å². The van der Waals surface area contributed by atoms with Crippen LogP contribution in [-0.4, -0.2) is 47.5 Å². The van der Waals surface area contributed by atoms with Crippen LogP contribution in [0.2, 0.25) is 5.02 Å². The predicted octanol–water partition coefficient (Wildman–Crippen LogP) is 6.43. The Morgan fingerprint density at radius 1 is 1.08 bits per heavy atom. The molecule has 0 bridgehead atoms. The van der Waals surface area contributed by atoms with E-state index in [1.165, 1.54) is 30.0 Å². The molecule has 0 unspecified atom stereocenters. The lowest BCUT2D eigenvalue weighted by Gasteiger charge is -2.29. The average molecular weight is 497 g/mol. The summed E-state index contributed by atoms with van der Waals surface area (Å²) in [6.45, 7) is 6.64. The largest absolute Gasteiger partial charge is 0.339 e. The maximum absolute atomic E-state index is 12.5. The third-order valence-electron chi connectivity index (χ3n) is 7.74. The monoisotopic (exact) mass is 496 g/mol. The Balaban J connectivity index is 1.46. The van der Waals surface area contributed by atoms with Gasteiger partial charge in [0.25, 0.3) is 0 Å². The Hall–Kier alpha value is -3.41. The molecule has 2 aliphatic rings. The van der Waals surface area contributed by atoms with Crippen molar-refractivity contribution in [1.29, 1.82) is 0 Å². The number of nitrogens with one attached hydrogen (secondary N) is 1. The Bertz CT molecular complexity index is 1460. The maximum Gasteiger partial charge on any atom is 0.250 e. The highest BCUT2D eigenvalue weighted by Gasteiger charge is 2.26. The first-order valence-electron chi connectivity index (χ1n) is 12.6. The van der Waals surface area contributed by atoms with Crippen LogP contribution in [0.15, 0.2) is 67.4 Å². The van der Waals surface area contributed by atoms with Gasteiger partial charge in [-0.3, -0.25) is 4.79 Å². The summed E-state index contributed by atoms with van der Waals surface area (Å²) >= 11 is 6.73. The Kier molecular flexibility index (Phi) is 5.90. The highest BCUT2D eigenvalue weighted by molar-refractivity contribution is 6.36. The third kappa shape index (κ3) is 3.93. The second kappa shape index (κ2) is 9.23. The fraction of sp³-hybridized carbons (Fsp3) is 0.267. The molecule has 0 radical (unpaired) electrons. The van der Waals surface area contributed by atoms with Crippen LogP contribution in [0.25, 0.3) is 33.4 Å². The number of H-pyrrole nitrogens is 1. The van der Waals surface area contributed by atoms with Crippen molar-refractivity contribution in [3.8, 4) is 22.4 Å². The minimum Gasteiger partial charge on any atom is -0.339 e. The number of fused-ring (bicyclic) bond motifs is 2. The number of pyridine rings is 1. The number of carbonyl (C=O) groups is 1. The molecular weight excluding hydrogens is 468 g/mol. The summed E-state index contributed by atoms with van der Waals surface area (Å²) in [6.07, 6.45) is 6.34. The third-order valence-corrected chi connectivity index (χ3v) is 8.06. The summed E-state index contributed by atoms with van der Waals surface area (Å²) < 4.78 is 0. The molecule has 2 aliphatic heterocycles. The summed E-state index contributed by atoms with van der Waals surface area (Å²) in [6, 6.07) is 17.1. The van der Waals surface area contributed by atoms with Gasteiger partial charge in [-0.15, -0.1) is 0 Å². The van der Waals surface area contributed by atoms with Gasteiger partial charge in [0.05, 0.1) is 10.7 Å². The van der Waals surface area contributed by atoms with Gasteiger partial charge in [0.15, 0.2) is 0 Å². The topological polar surface area (TPSA) is 52.2 Å². The summed E-state index contributed by atoms with van der Waals surface area (Å²) in [5, 5.41) is 1.55.